The van der Waals surface area contributed by atoms with Crippen molar-refractivity contribution in [2.75, 3.05) is 0 Å². The third-order valence-corrected chi connectivity index (χ3v) is 10.0. The molecule has 0 fully saturated rings. The van der Waals surface area contributed by atoms with Gasteiger partial charge in [-0.25, -0.2) is 4.79 Å². The van der Waals surface area contributed by atoms with E-state index in [-0.39, 0.29) is 11.0 Å². The van der Waals surface area contributed by atoms with E-state index in [4.69, 9.17) is 9.16 Å². The van der Waals surface area contributed by atoms with Crippen LogP contribution in [0.1, 0.15) is 48.0 Å². The van der Waals surface area contributed by atoms with Gasteiger partial charge in [-0.3, -0.25) is 9.97 Å². The first-order chi connectivity index (χ1) is 12.1. The number of hydrogen-bond donors (Lipinski definition) is 0. The van der Waals surface area contributed by atoms with E-state index in [9.17, 15) is 4.79 Å². The van der Waals surface area contributed by atoms with E-state index < -0.39 is 8.32 Å². The molecule has 5 nitrogen and oxygen atoms in total. The van der Waals surface area contributed by atoms with Crippen LogP contribution in [0.25, 0.3) is 11.3 Å². The standard InChI is InChI=1S/C20H26N2O3Si/c1-13-15(7-8-16-17(13)12-24-19(16)23)18-10-21-14(9-22-18)11-25-26(5,6)20(2,3)4/h7-10H,11-12H2,1-6H3. The van der Waals surface area contributed by atoms with E-state index in [1.165, 1.54) is 0 Å². The molecule has 1 aliphatic heterocycles. The Labute approximate surface area is 155 Å². The molecular weight excluding hydrogens is 344 g/mol. The number of esters is 1. The molecule has 0 saturated carbocycles. The molecule has 6 heteroatoms. The lowest BCUT2D eigenvalue weighted by Crippen LogP contribution is -2.40. The van der Waals surface area contributed by atoms with Crippen LogP contribution < -0.4 is 0 Å². The average Bonchev–Trinajstić information content (AvgIpc) is 2.95. The lowest BCUT2D eigenvalue weighted by atomic mass is 9.97. The molecule has 2 aromatic rings. The van der Waals surface area contributed by atoms with Crippen molar-refractivity contribution in [1.82, 2.24) is 9.97 Å². The summed E-state index contributed by atoms with van der Waals surface area (Å²) in [5.41, 5.74) is 5.22. The fourth-order valence-electron chi connectivity index (χ4n) is 2.67. The number of cyclic esters (lactones) is 1. The van der Waals surface area contributed by atoms with Crippen molar-refractivity contribution in [1.29, 1.82) is 0 Å². The molecule has 0 atom stereocenters. The summed E-state index contributed by atoms with van der Waals surface area (Å²) < 4.78 is 11.3. The smallest absolute Gasteiger partial charge is 0.338 e. The van der Waals surface area contributed by atoms with Crippen molar-refractivity contribution < 1.29 is 14.0 Å². The molecule has 0 radical (unpaired) electrons. The van der Waals surface area contributed by atoms with E-state index in [0.29, 0.717) is 18.8 Å². The van der Waals surface area contributed by atoms with Crippen LogP contribution in [0.4, 0.5) is 0 Å². The Hall–Kier alpha value is -2.05. The van der Waals surface area contributed by atoms with Crippen LogP contribution in [0.3, 0.4) is 0 Å². The molecular formula is C20H26N2O3Si. The van der Waals surface area contributed by atoms with Crippen LogP contribution in [-0.2, 0) is 22.4 Å². The molecule has 1 aliphatic rings. The van der Waals surface area contributed by atoms with Gasteiger partial charge >= 0.3 is 5.97 Å². The van der Waals surface area contributed by atoms with Crippen molar-refractivity contribution in [3.8, 4) is 11.3 Å². The number of hydrogen-bond acceptors (Lipinski definition) is 5. The third-order valence-electron chi connectivity index (χ3n) is 5.53. The maximum Gasteiger partial charge on any atom is 0.338 e. The predicted octanol–water partition coefficient (Wildman–Crippen LogP) is 4.64. The highest BCUT2D eigenvalue weighted by Gasteiger charge is 2.37. The minimum Gasteiger partial charge on any atom is -0.457 e. The average molecular weight is 371 g/mol. The lowest BCUT2D eigenvalue weighted by Gasteiger charge is -2.35. The summed E-state index contributed by atoms with van der Waals surface area (Å²) in [6.07, 6.45) is 3.55. The number of ether oxygens (including phenoxy) is 1. The molecule has 0 amide bonds. The van der Waals surface area contributed by atoms with Crippen LogP contribution in [-0.4, -0.2) is 24.3 Å². The normalized spacial score (nSPS) is 14.3. The first-order valence-electron chi connectivity index (χ1n) is 8.85. The summed E-state index contributed by atoms with van der Waals surface area (Å²) >= 11 is 0. The monoisotopic (exact) mass is 370 g/mol. The summed E-state index contributed by atoms with van der Waals surface area (Å²) in [7, 11) is -1.81. The van der Waals surface area contributed by atoms with E-state index >= 15 is 0 Å². The molecule has 138 valence electrons. The first kappa shape index (κ1) is 18.7. The summed E-state index contributed by atoms with van der Waals surface area (Å²) in [4.78, 5) is 20.8. The van der Waals surface area contributed by atoms with Crippen LogP contribution in [0.5, 0.6) is 0 Å². The molecule has 0 spiro atoms. The van der Waals surface area contributed by atoms with Gasteiger partial charge in [0.15, 0.2) is 8.32 Å². The molecule has 26 heavy (non-hydrogen) atoms. The van der Waals surface area contributed by atoms with E-state index in [1.807, 2.05) is 19.1 Å². The fourth-order valence-corrected chi connectivity index (χ4v) is 3.61. The fraction of sp³-hybridized carbons (Fsp3) is 0.450. The molecule has 1 aromatic heterocycles. The number of rotatable bonds is 4. The molecule has 0 saturated heterocycles. The summed E-state index contributed by atoms with van der Waals surface area (Å²) in [6.45, 7) is 13.9. The van der Waals surface area contributed by atoms with Crippen LogP contribution in [0.2, 0.25) is 18.1 Å². The highest BCUT2D eigenvalue weighted by molar-refractivity contribution is 6.74. The quantitative estimate of drug-likeness (QED) is 0.579. The molecule has 3 rings (SSSR count). The molecule has 0 unspecified atom stereocenters. The van der Waals surface area contributed by atoms with Gasteiger partial charge in [0, 0.05) is 11.1 Å². The van der Waals surface area contributed by atoms with Crippen molar-refractivity contribution >= 4 is 14.3 Å². The van der Waals surface area contributed by atoms with Crippen molar-refractivity contribution in [2.45, 2.75) is 59.0 Å². The van der Waals surface area contributed by atoms with Gasteiger partial charge in [-0.15, -0.1) is 0 Å². The van der Waals surface area contributed by atoms with Gasteiger partial charge in [-0.1, -0.05) is 26.8 Å². The Bertz CT molecular complexity index is 839. The first-order valence-corrected chi connectivity index (χ1v) is 11.8. The van der Waals surface area contributed by atoms with Gasteiger partial charge in [-0.05, 0) is 36.7 Å². The molecule has 0 N–H and O–H groups in total. The molecule has 2 heterocycles. The Kier molecular flexibility index (Phi) is 4.75. The highest BCUT2D eigenvalue weighted by atomic mass is 28.4. The van der Waals surface area contributed by atoms with Gasteiger partial charge in [0.1, 0.15) is 6.61 Å². The molecule has 1 aromatic carbocycles. The van der Waals surface area contributed by atoms with Gasteiger partial charge in [0.25, 0.3) is 0 Å². The van der Waals surface area contributed by atoms with Gasteiger partial charge in [-0.2, -0.15) is 0 Å². The zero-order chi connectivity index (χ0) is 19.1. The molecule has 0 aliphatic carbocycles. The number of carbonyl (C=O) groups is 1. The Morgan fingerprint density at radius 3 is 2.46 bits per heavy atom. The van der Waals surface area contributed by atoms with E-state index in [1.54, 1.807) is 12.4 Å². The second-order valence-electron chi connectivity index (χ2n) is 8.28. The van der Waals surface area contributed by atoms with Gasteiger partial charge in [0.2, 0.25) is 0 Å². The summed E-state index contributed by atoms with van der Waals surface area (Å²) in [5.74, 6) is -0.251. The maximum absolute atomic E-state index is 11.7. The topological polar surface area (TPSA) is 61.3 Å². The molecule has 0 bridgehead atoms. The Balaban J connectivity index is 1.78. The lowest BCUT2D eigenvalue weighted by molar-refractivity contribution is 0.0535. The Morgan fingerprint density at radius 1 is 1.15 bits per heavy atom. The third kappa shape index (κ3) is 3.44. The second-order valence-corrected chi connectivity index (χ2v) is 13.1. The number of benzene rings is 1. The minimum atomic E-state index is -1.81. The van der Waals surface area contributed by atoms with Gasteiger partial charge < -0.3 is 9.16 Å². The van der Waals surface area contributed by atoms with Crippen LogP contribution in [0, 0.1) is 6.92 Å². The van der Waals surface area contributed by atoms with E-state index in [2.05, 4.69) is 43.8 Å². The Morgan fingerprint density at radius 2 is 1.85 bits per heavy atom. The number of nitrogens with zero attached hydrogens (tertiary/aromatic N) is 2. The van der Waals surface area contributed by atoms with Crippen LogP contribution >= 0.6 is 0 Å². The maximum atomic E-state index is 11.7. The zero-order valence-corrected chi connectivity index (χ0v) is 17.3. The number of fused-ring (bicyclic) bond motifs is 1. The SMILES string of the molecule is Cc1c(-c2cnc(CO[Si](C)(C)C(C)(C)C)cn2)ccc2c1COC2=O. The van der Waals surface area contributed by atoms with Crippen LogP contribution in [0.15, 0.2) is 24.5 Å². The van der Waals surface area contributed by atoms with E-state index in [0.717, 1.165) is 28.1 Å². The van der Waals surface area contributed by atoms with Crippen molar-refractivity contribution in [3.63, 3.8) is 0 Å². The number of carbonyl (C=O) groups excluding carboxylic acids is 1. The van der Waals surface area contributed by atoms with Crippen molar-refractivity contribution in [2.24, 2.45) is 0 Å². The van der Waals surface area contributed by atoms with Crippen molar-refractivity contribution in [3.05, 3.63) is 46.9 Å². The number of aromatic nitrogens is 2. The minimum absolute atomic E-state index is 0.168. The van der Waals surface area contributed by atoms with Gasteiger partial charge in [0.05, 0.1) is 36.0 Å². The second kappa shape index (κ2) is 6.59. The summed E-state index contributed by atoms with van der Waals surface area (Å²) in [6, 6.07) is 3.72. The summed E-state index contributed by atoms with van der Waals surface area (Å²) in [5, 5.41) is 0.168. The highest BCUT2D eigenvalue weighted by Crippen LogP contribution is 2.37. The zero-order valence-electron chi connectivity index (χ0n) is 16.3. The predicted molar refractivity (Wildman–Crippen MR) is 103 cm³/mol. The largest absolute Gasteiger partial charge is 0.457 e.